The molecule has 0 aliphatic carbocycles. The van der Waals surface area contributed by atoms with Crippen LogP contribution in [0.25, 0.3) is 0 Å². The summed E-state index contributed by atoms with van der Waals surface area (Å²) < 4.78 is 43.9. The van der Waals surface area contributed by atoms with Crippen molar-refractivity contribution in [3.05, 3.63) is 35.9 Å². The second-order valence-corrected chi connectivity index (χ2v) is 9.44. The van der Waals surface area contributed by atoms with Gasteiger partial charge in [-0.05, 0) is 38.2 Å². The maximum atomic E-state index is 13.0. The molecular weight excluding hydrogens is 509 g/mol. The molecule has 0 unspecified atom stereocenters. The Kier molecular flexibility index (Phi) is 10.7. The van der Waals surface area contributed by atoms with E-state index in [9.17, 15) is 37.1 Å². The highest BCUT2D eigenvalue weighted by Gasteiger charge is 2.46. The summed E-state index contributed by atoms with van der Waals surface area (Å²) in [6.45, 7) is 5.67. The van der Waals surface area contributed by atoms with E-state index in [-0.39, 0.29) is 19.6 Å². The number of hydrogen-bond donors (Lipinski definition) is 3. The fourth-order valence-corrected chi connectivity index (χ4v) is 3.92. The SMILES string of the molecule is CC(C)[C@H](NC(=O)[C@@H]1CCCN1C(=O)[C@H](C)NC(=O)[C@H](C)NC(=O)OCc1ccccc1)C(=O)C(F)(F)F. The molecule has 1 saturated heterocycles. The van der Waals surface area contributed by atoms with E-state index in [1.165, 1.54) is 32.6 Å². The van der Waals surface area contributed by atoms with Gasteiger partial charge in [0, 0.05) is 6.54 Å². The number of benzene rings is 1. The molecule has 0 spiro atoms. The molecule has 210 valence electrons. The van der Waals surface area contributed by atoms with Crippen molar-refractivity contribution < 1.29 is 41.9 Å². The Hall–Kier alpha value is -3.64. The zero-order chi connectivity index (χ0) is 28.6. The lowest BCUT2D eigenvalue weighted by Crippen LogP contribution is -2.57. The van der Waals surface area contributed by atoms with Crippen LogP contribution in [0.2, 0.25) is 0 Å². The number of amides is 4. The molecule has 2 rings (SSSR count). The number of ketones is 1. The van der Waals surface area contributed by atoms with Gasteiger partial charge >= 0.3 is 12.3 Å². The first-order valence-electron chi connectivity index (χ1n) is 12.2. The fraction of sp³-hybridized carbons (Fsp3) is 0.560. The van der Waals surface area contributed by atoms with Crippen LogP contribution in [0, 0.1) is 5.92 Å². The predicted octanol–water partition coefficient (Wildman–Crippen LogP) is 2.07. The lowest BCUT2D eigenvalue weighted by atomic mass is 9.98. The first kappa shape index (κ1) is 30.6. The minimum absolute atomic E-state index is 0.000543. The highest BCUT2D eigenvalue weighted by Crippen LogP contribution is 2.23. The molecule has 1 aliphatic rings. The molecule has 0 bridgehead atoms. The Balaban J connectivity index is 1.92. The van der Waals surface area contributed by atoms with Crippen molar-refractivity contribution in [1.82, 2.24) is 20.9 Å². The van der Waals surface area contributed by atoms with E-state index in [1.807, 2.05) is 6.07 Å². The van der Waals surface area contributed by atoms with Gasteiger partial charge in [0.25, 0.3) is 5.78 Å². The maximum Gasteiger partial charge on any atom is 0.452 e. The Morgan fingerprint density at radius 2 is 1.61 bits per heavy atom. The molecule has 38 heavy (non-hydrogen) atoms. The molecule has 0 aromatic heterocycles. The van der Waals surface area contributed by atoms with Crippen molar-refractivity contribution in [2.45, 2.75) is 77.5 Å². The Morgan fingerprint density at radius 1 is 0.974 bits per heavy atom. The fourth-order valence-electron chi connectivity index (χ4n) is 3.92. The summed E-state index contributed by atoms with van der Waals surface area (Å²) in [5.41, 5.74) is 0.755. The van der Waals surface area contributed by atoms with Crippen LogP contribution in [0.3, 0.4) is 0 Å². The first-order chi connectivity index (χ1) is 17.7. The number of nitrogens with zero attached hydrogens (tertiary/aromatic N) is 1. The first-order valence-corrected chi connectivity index (χ1v) is 12.2. The van der Waals surface area contributed by atoms with E-state index in [1.54, 1.807) is 24.3 Å². The summed E-state index contributed by atoms with van der Waals surface area (Å²) in [6.07, 6.45) is -5.35. The Morgan fingerprint density at radius 3 is 2.18 bits per heavy atom. The number of ether oxygens (including phenoxy) is 1. The summed E-state index contributed by atoms with van der Waals surface area (Å²) in [5.74, 6) is -5.08. The number of likely N-dealkylation sites (tertiary alicyclic amines) is 1. The number of Topliss-reactive ketones (excluding diaryl/α,β-unsaturated/α-hetero) is 1. The van der Waals surface area contributed by atoms with Crippen LogP contribution in [-0.2, 0) is 30.5 Å². The average molecular weight is 543 g/mol. The van der Waals surface area contributed by atoms with E-state index in [0.29, 0.717) is 6.42 Å². The summed E-state index contributed by atoms with van der Waals surface area (Å²) in [5, 5.41) is 6.96. The van der Waals surface area contributed by atoms with Gasteiger partial charge in [0.1, 0.15) is 24.7 Å². The molecule has 1 aliphatic heterocycles. The molecular formula is C25H33F3N4O6. The third-order valence-electron chi connectivity index (χ3n) is 6.03. The van der Waals surface area contributed by atoms with Gasteiger partial charge in [-0.2, -0.15) is 13.2 Å². The van der Waals surface area contributed by atoms with Gasteiger partial charge in [0.05, 0.1) is 6.04 Å². The summed E-state index contributed by atoms with van der Waals surface area (Å²) in [7, 11) is 0. The quantitative estimate of drug-likeness (QED) is 0.415. The molecule has 10 nitrogen and oxygen atoms in total. The van der Waals surface area contributed by atoms with Gasteiger partial charge in [-0.3, -0.25) is 19.2 Å². The minimum Gasteiger partial charge on any atom is -0.445 e. The van der Waals surface area contributed by atoms with E-state index in [0.717, 1.165) is 5.56 Å². The number of carbonyl (C=O) groups excluding carboxylic acids is 5. The zero-order valence-electron chi connectivity index (χ0n) is 21.6. The highest BCUT2D eigenvalue weighted by molar-refractivity contribution is 5.97. The number of alkyl carbamates (subject to hydrolysis) is 1. The molecule has 3 N–H and O–H groups in total. The van der Waals surface area contributed by atoms with Crippen LogP contribution in [0.1, 0.15) is 46.1 Å². The average Bonchev–Trinajstić information content (AvgIpc) is 3.35. The Labute approximate surface area is 218 Å². The van der Waals surface area contributed by atoms with Gasteiger partial charge in [0.2, 0.25) is 17.7 Å². The van der Waals surface area contributed by atoms with Crippen molar-refractivity contribution in [3.8, 4) is 0 Å². The molecule has 1 heterocycles. The molecule has 0 saturated carbocycles. The molecule has 1 aromatic carbocycles. The molecule has 0 radical (unpaired) electrons. The number of alkyl halides is 3. The molecule has 1 fully saturated rings. The van der Waals surface area contributed by atoms with Crippen molar-refractivity contribution in [2.24, 2.45) is 5.92 Å². The van der Waals surface area contributed by atoms with Crippen molar-refractivity contribution >= 4 is 29.6 Å². The topological polar surface area (TPSA) is 134 Å². The minimum atomic E-state index is -5.12. The number of nitrogens with one attached hydrogen (secondary N) is 3. The van der Waals surface area contributed by atoms with Crippen molar-refractivity contribution in [1.29, 1.82) is 0 Å². The lowest BCUT2D eigenvalue weighted by Gasteiger charge is -2.30. The second-order valence-electron chi connectivity index (χ2n) is 9.44. The third-order valence-corrected chi connectivity index (χ3v) is 6.03. The van der Waals surface area contributed by atoms with Crippen LogP contribution in [0.4, 0.5) is 18.0 Å². The molecule has 4 amide bonds. The predicted molar refractivity (Wildman–Crippen MR) is 129 cm³/mol. The molecule has 1 aromatic rings. The van der Waals surface area contributed by atoms with Crippen molar-refractivity contribution in [3.63, 3.8) is 0 Å². The van der Waals surface area contributed by atoms with Crippen LogP contribution in [0.5, 0.6) is 0 Å². The summed E-state index contributed by atoms with van der Waals surface area (Å²) in [6, 6.07) is 3.88. The van der Waals surface area contributed by atoms with Gasteiger partial charge in [0.15, 0.2) is 0 Å². The smallest absolute Gasteiger partial charge is 0.445 e. The molecule has 13 heteroatoms. The van der Waals surface area contributed by atoms with Gasteiger partial charge in [-0.25, -0.2) is 4.79 Å². The number of halogens is 3. The van der Waals surface area contributed by atoms with Crippen LogP contribution >= 0.6 is 0 Å². The van der Waals surface area contributed by atoms with Crippen LogP contribution in [-0.4, -0.2) is 71.4 Å². The van der Waals surface area contributed by atoms with E-state index in [2.05, 4.69) is 16.0 Å². The highest BCUT2D eigenvalue weighted by atomic mass is 19.4. The second kappa shape index (κ2) is 13.2. The summed E-state index contributed by atoms with van der Waals surface area (Å²) >= 11 is 0. The normalized spacial score (nSPS) is 17.8. The zero-order valence-corrected chi connectivity index (χ0v) is 21.6. The van der Waals surface area contributed by atoms with E-state index < -0.39 is 65.9 Å². The van der Waals surface area contributed by atoms with Crippen LogP contribution in [0.15, 0.2) is 30.3 Å². The largest absolute Gasteiger partial charge is 0.452 e. The maximum absolute atomic E-state index is 13.0. The van der Waals surface area contributed by atoms with Crippen LogP contribution < -0.4 is 16.0 Å². The monoisotopic (exact) mass is 542 g/mol. The Bertz CT molecular complexity index is 1020. The number of hydrogen-bond acceptors (Lipinski definition) is 6. The van der Waals surface area contributed by atoms with Gasteiger partial charge in [-0.15, -0.1) is 0 Å². The number of rotatable bonds is 10. The van der Waals surface area contributed by atoms with E-state index in [4.69, 9.17) is 4.74 Å². The van der Waals surface area contributed by atoms with E-state index >= 15 is 0 Å². The number of carbonyl (C=O) groups is 5. The van der Waals surface area contributed by atoms with Crippen molar-refractivity contribution in [2.75, 3.05) is 6.54 Å². The van der Waals surface area contributed by atoms with Gasteiger partial charge < -0.3 is 25.6 Å². The lowest BCUT2D eigenvalue weighted by molar-refractivity contribution is -0.175. The summed E-state index contributed by atoms with van der Waals surface area (Å²) in [4.78, 5) is 63.2. The van der Waals surface area contributed by atoms with Gasteiger partial charge in [-0.1, -0.05) is 44.2 Å². The molecule has 4 atom stereocenters. The third kappa shape index (κ3) is 8.45. The standard InChI is InChI=1S/C25H33F3N4O6/c1-14(2)19(20(33)25(26,27)28)31-22(35)18-11-8-12-32(18)23(36)16(4)29-21(34)15(3)30-24(37)38-13-17-9-6-5-7-10-17/h5-7,9-10,14-16,18-19H,8,11-13H2,1-4H3,(H,29,34)(H,30,37)(H,31,35)/t15-,16-,18-,19-/m0/s1.